The van der Waals surface area contributed by atoms with E-state index in [1.165, 1.54) is 0 Å². The Labute approximate surface area is 179 Å². The number of ether oxygens (including phenoxy) is 2. The first-order chi connectivity index (χ1) is 14.5. The van der Waals surface area contributed by atoms with E-state index in [0.717, 1.165) is 22.3 Å². The van der Waals surface area contributed by atoms with Crippen LogP contribution in [0.25, 0.3) is 22.8 Å². The Hall–Kier alpha value is -3.51. The highest BCUT2D eigenvalue weighted by molar-refractivity contribution is 6.30. The average Bonchev–Trinajstić information content (AvgIpc) is 3.25. The number of aromatic nitrogens is 2. The Bertz CT molecular complexity index is 1170. The van der Waals surface area contributed by atoms with Gasteiger partial charge in [-0.05, 0) is 61.0 Å². The molecule has 3 aromatic carbocycles. The molecule has 0 amide bonds. The molecule has 6 nitrogen and oxygen atoms in total. The third kappa shape index (κ3) is 4.09. The third-order valence-electron chi connectivity index (χ3n) is 4.78. The number of halogens is 1. The van der Waals surface area contributed by atoms with Gasteiger partial charge in [-0.2, -0.15) is 4.98 Å². The van der Waals surface area contributed by atoms with Crippen LogP contribution >= 0.6 is 11.6 Å². The molecule has 0 fully saturated rings. The van der Waals surface area contributed by atoms with Crippen molar-refractivity contribution in [2.45, 2.75) is 13.5 Å². The van der Waals surface area contributed by atoms with Crippen molar-refractivity contribution in [3.05, 3.63) is 76.8 Å². The summed E-state index contributed by atoms with van der Waals surface area (Å²) >= 11 is 5.92. The maximum atomic E-state index is 6.00. The minimum Gasteiger partial charge on any atom is -0.496 e. The Morgan fingerprint density at radius 2 is 1.87 bits per heavy atom. The van der Waals surface area contributed by atoms with E-state index in [1.807, 2.05) is 55.5 Å². The van der Waals surface area contributed by atoms with E-state index in [0.29, 0.717) is 40.5 Å². The monoisotopic (exact) mass is 421 g/mol. The second-order valence-electron chi connectivity index (χ2n) is 6.71. The van der Waals surface area contributed by atoms with Crippen molar-refractivity contribution in [1.29, 1.82) is 0 Å². The normalized spacial score (nSPS) is 10.8. The topological polar surface area (TPSA) is 83.4 Å². The standard InChI is InChI=1S/C23H20ClN3O3/c1-14-19(4-3-5-20(14)25)22-26-23(30-27-22)15-6-11-21(28-2)16(12-15)13-29-18-9-7-17(24)8-10-18/h3-12H,13,25H2,1-2H3. The second-order valence-corrected chi connectivity index (χ2v) is 7.15. The van der Waals surface area contributed by atoms with Crippen LogP contribution in [0.15, 0.2) is 65.2 Å². The molecule has 1 aromatic heterocycles. The number of methoxy groups -OCH3 is 1. The second kappa shape index (κ2) is 8.47. The van der Waals surface area contributed by atoms with Crippen molar-refractivity contribution in [1.82, 2.24) is 10.1 Å². The molecule has 7 heteroatoms. The fourth-order valence-corrected chi connectivity index (χ4v) is 3.19. The summed E-state index contributed by atoms with van der Waals surface area (Å²) in [6, 6.07) is 18.5. The number of anilines is 1. The van der Waals surface area contributed by atoms with E-state index in [9.17, 15) is 0 Å². The van der Waals surface area contributed by atoms with E-state index in [2.05, 4.69) is 10.1 Å². The first-order valence-corrected chi connectivity index (χ1v) is 9.68. The van der Waals surface area contributed by atoms with Gasteiger partial charge in [0.05, 0.1) is 7.11 Å². The van der Waals surface area contributed by atoms with Gasteiger partial charge >= 0.3 is 0 Å². The van der Waals surface area contributed by atoms with Crippen molar-refractivity contribution in [2.75, 3.05) is 12.8 Å². The van der Waals surface area contributed by atoms with Crippen LogP contribution in [0, 0.1) is 6.92 Å². The number of hydrogen-bond acceptors (Lipinski definition) is 6. The van der Waals surface area contributed by atoms with Gasteiger partial charge in [-0.25, -0.2) is 0 Å². The molecule has 0 saturated carbocycles. The van der Waals surface area contributed by atoms with Crippen LogP contribution < -0.4 is 15.2 Å². The van der Waals surface area contributed by atoms with Gasteiger partial charge in [-0.1, -0.05) is 28.9 Å². The van der Waals surface area contributed by atoms with Gasteiger partial charge in [0.2, 0.25) is 5.82 Å². The number of nitrogens with two attached hydrogens (primary N) is 1. The summed E-state index contributed by atoms with van der Waals surface area (Å²) in [5.74, 6) is 2.31. The van der Waals surface area contributed by atoms with Crippen LogP contribution in [0.1, 0.15) is 11.1 Å². The van der Waals surface area contributed by atoms with E-state index in [4.69, 9.17) is 31.3 Å². The van der Waals surface area contributed by atoms with Crippen molar-refractivity contribution >= 4 is 17.3 Å². The first kappa shape index (κ1) is 19.8. The number of rotatable bonds is 6. The summed E-state index contributed by atoms with van der Waals surface area (Å²) in [7, 11) is 1.62. The molecule has 2 N–H and O–H groups in total. The van der Waals surface area contributed by atoms with Crippen LogP contribution in [-0.4, -0.2) is 17.3 Å². The summed E-state index contributed by atoms with van der Waals surface area (Å²) < 4.78 is 16.8. The van der Waals surface area contributed by atoms with Crippen LogP contribution in [0.3, 0.4) is 0 Å². The SMILES string of the molecule is COc1ccc(-c2nc(-c3cccc(N)c3C)no2)cc1COc1ccc(Cl)cc1. The highest BCUT2D eigenvalue weighted by Crippen LogP contribution is 2.30. The quantitative estimate of drug-likeness (QED) is 0.412. The molecule has 0 bridgehead atoms. The molecule has 0 aliphatic heterocycles. The fourth-order valence-electron chi connectivity index (χ4n) is 3.06. The third-order valence-corrected chi connectivity index (χ3v) is 5.03. The Balaban J connectivity index is 1.60. The lowest BCUT2D eigenvalue weighted by molar-refractivity contribution is 0.296. The molecule has 4 rings (SSSR count). The minimum atomic E-state index is 0.313. The lowest BCUT2D eigenvalue weighted by atomic mass is 10.1. The molecule has 0 spiro atoms. The molecule has 1 heterocycles. The van der Waals surface area contributed by atoms with Gasteiger partial charge in [0.25, 0.3) is 5.89 Å². The zero-order valence-electron chi connectivity index (χ0n) is 16.6. The Kier molecular flexibility index (Phi) is 5.59. The number of nitrogen functional groups attached to an aromatic ring is 1. The lowest BCUT2D eigenvalue weighted by Crippen LogP contribution is -1.99. The molecule has 4 aromatic rings. The molecule has 30 heavy (non-hydrogen) atoms. The van der Waals surface area contributed by atoms with Gasteiger partial charge in [-0.3, -0.25) is 0 Å². The van der Waals surface area contributed by atoms with Gasteiger partial charge < -0.3 is 19.7 Å². The number of nitrogens with zero attached hydrogens (tertiary/aromatic N) is 2. The number of benzene rings is 3. The lowest BCUT2D eigenvalue weighted by Gasteiger charge is -2.11. The van der Waals surface area contributed by atoms with E-state index < -0.39 is 0 Å². The van der Waals surface area contributed by atoms with Gasteiger partial charge in [0.1, 0.15) is 18.1 Å². The maximum absolute atomic E-state index is 6.00. The van der Waals surface area contributed by atoms with Crippen molar-refractivity contribution in [3.63, 3.8) is 0 Å². The predicted octanol–water partition coefficient (Wildman–Crippen LogP) is 5.54. The predicted molar refractivity (Wildman–Crippen MR) is 117 cm³/mol. The highest BCUT2D eigenvalue weighted by atomic mass is 35.5. The molecule has 0 radical (unpaired) electrons. The zero-order valence-corrected chi connectivity index (χ0v) is 17.3. The molecule has 152 valence electrons. The van der Waals surface area contributed by atoms with Gasteiger partial charge in [0.15, 0.2) is 0 Å². The largest absolute Gasteiger partial charge is 0.496 e. The summed E-state index contributed by atoms with van der Waals surface area (Å²) in [6.07, 6.45) is 0. The van der Waals surface area contributed by atoms with Crippen LogP contribution in [0.4, 0.5) is 5.69 Å². The molecule has 0 aliphatic rings. The molecular weight excluding hydrogens is 402 g/mol. The Morgan fingerprint density at radius 3 is 2.63 bits per heavy atom. The van der Waals surface area contributed by atoms with Crippen molar-refractivity contribution in [3.8, 4) is 34.3 Å². The highest BCUT2D eigenvalue weighted by Gasteiger charge is 2.15. The van der Waals surface area contributed by atoms with E-state index in [-0.39, 0.29) is 0 Å². The van der Waals surface area contributed by atoms with Crippen molar-refractivity contribution < 1.29 is 14.0 Å². The fraction of sp³-hybridized carbons (Fsp3) is 0.130. The molecule has 0 saturated heterocycles. The van der Waals surface area contributed by atoms with Crippen LogP contribution in [-0.2, 0) is 6.61 Å². The molecule has 0 unspecified atom stereocenters. The molecule has 0 aliphatic carbocycles. The summed E-state index contributed by atoms with van der Waals surface area (Å²) in [6.45, 7) is 2.24. The summed E-state index contributed by atoms with van der Waals surface area (Å²) in [4.78, 5) is 4.55. The van der Waals surface area contributed by atoms with Crippen LogP contribution in [0.5, 0.6) is 11.5 Å². The molecular formula is C23H20ClN3O3. The van der Waals surface area contributed by atoms with E-state index in [1.54, 1.807) is 19.2 Å². The smallest absolute Gasteiger partial charge is 0.258 e. The maximum Gasteiger partial charge on any atom is 0.258 e. The summed E-state index contributed by atoms with van der Waals surface area (Å²) in [5, 5.41) is 4.78. The summed E-state index contributed by atoms with van der Waals surface area (Å²) in [5.41, 5.74) is 10.1. The minimum absolute atomic E-state index is 0.313. The van der Waals surface area contributed by atoms with Gasteiger partial charge in [0, 0.05) is 27.4 Å². The average molecular weight is 422 g/mol. The number of hydrogen-bond donors (Lipinski definition) is 1. The first-order valence-electron chi connectivity index (χ1n) is 9.30. The Morgan fingerprint density at radius 1 is 1.07 bits per heavy atom. The van der Waals surface area contributed by atoms with Gasteiger partial charge in [-0.15, -0.1) is 0 Å². The van der Waals surface area contributed by atoms with Crippen molar-refractivity contribution in [2.24, 2.45) is 0 Å². The van der Waals surface area contributed by atoms with E-state index >= 15 is 0 Å². The van der Waals surface area contributed by atoms with Crippen LogP contribution in [0.2, 0.25) is 5.02 Å². The zero-order chi connectivity index (χ0) is 21.1. The molecule has 0 atom stereocenters.